The zero-order valence-electron chi connectivity index (χ0n) is 10.5. The van der Waals surface area contributed by atoms with E-state index >= 15 is 0 Å². The van der Waals surface area contributed by atoms with Crippen LogP contribution in [0.25, 0.3) is 10.8 Å². The summed E-state index contributed by atoms with van der Waals surface area (Å²) in [7, 11) is 0. The lowest BCUT2D eigenvalue weighted by Gasteiger charge is -2.12. The maximum Gasteiger partial charge on any atom is 0.103 e. The molecule has 0 saturated carbocycles. The van der Waals surface area contributed by atoms with Gasteiger partial charge in [0.25, 0.3) is 0 Å². The van der Waals surface area contributed by atoms with Crippen LogP contribution < -0.4 is 0 Å². The minimum atomic E-state index is -0.502. The molecule has 3 rings (SSSR count). The molecule has 19 heavy (non-hydrogen) atoms. The van der Waals surface area contributed by atoms with Crippen molar-refractivity contribution in [2.75, 3.05) is 0 Å². The fourth-order valence-corrected chi connectivity index (χ4v) is 2.32. The maximum atomic E-state index is 10.3. The number of nitrogens with zero attached hydrogens (tertiary/aromatic N) is 1. The van der Waals surface area contributed by atoms with Gasteiger partial charge in [-0.2, -0.15) is 0 Å². The Balaban J connectivity index is 1.83. The Morgan fingerprint density at radius 2 is 2.11 bits per heavy atom. The van der Waals surface area contributed by atoms with E-state index in [0.717, 1.165) is 28.5 Å². The summed E-state index contributed by atoms with van der Waals surface area (Å²) < 4.78 is 5.28. The quantitative estimate of drug-likeness (QED) is 0.774. The van der Waals surface area contributed by atoms with Crippen molar-refractivity contribution in [3.8, 4) is 0 Å². The van der Waals surface area contributed by atoms with Gasteiger partial charge in [-0.3, -0.25) is 4.98 Å². The highest BCUT2D eigenvalue weighted by Gasteiger charge is 2.12. The predicted octanol–water partition coefficient (Wildman–Crippen LogP) is 3.49. The first-order valence-corrected chi connectivity index (χ1v) is 6.37. The molecule has 1 aromatic carbocycles. The van der Waals surface area contributed by atoms with Crippen molar-refractivity contribution in [2.24, 2.45) is 0 Å². The van der Waals surface area contributed by atoms with Crippen LogP contribution in [0.5, 0.6) is 0 Å². The molecule has 0 amide bonds. The Bertz CT molecular complexity index is 656. The van der Waals surface area contributed by atoms with Crippen molar-refractivity contribution in [1.29, 1.82) is 0 Å². The van der Waals surface area contributed by atoms with Gasteiger partial charge in [0.1, 0.15) is 5.76 Å². The number of aliphatic hydroxyl groups excluding tert-OH is 1. The van der Waals surface area contributed by atoms with Crippen LogP contribution in [0, 0.1) is 0 Å². The molecule has 0 fully saturated rings. The van der Waals surface area contributed by atoms with Gasteiger partial charge in [0.05, 0.1) is 12.4 Å². The fourth-order valence-electron chi connectivity index (χ4n) is 2.32. The second-order valence-electron chi connectivity index (χ2n) is 4.58. The second-order valence-corrected chi connectivity index (χ2v) is 4.58. The molecule has 0 saturated heterocycles. The lowest BCUT2D eigenvalue weighted by molar-refractivity contribution is 0.167. The first-order chi connectivity index (χ1) is 9.34. The molecule has 0 radical (unpaired) electrons. The van der Waals surface area contributed by atoms with Crippen LogP contribution >= 0.6 is 0 Å². The van der Waals surface area contributed by atoms with Crippen LogP contribution in [0.2, 0.25) is 0 Å². The van der Waals surface area contributed by atoms with Crippen LogP contribution in [0.15, 0.2) is 59.5 Å². The summed E-state index contributed by atoms with van der Waals surface area (Å²) in [4.78, 5) is 4.14. The van der Waals surface area contributed by atoms with E-state index < -0.39 is 6.10 Å². The van der Waals surface area contributed by atoms with E-state index in [1.165, 1.54) is 0 Å². The highest BCUT2D eigenvalue weighted by Crippen LogP contribution is 2.26. The van der Waals surface area contributed by atoms with Gasteiger partial charge < -0.3 is 9.52 Å². The standard InChI is InChI=1S/C16H15NO2/c18-16(7-6-13-4-2-10-19-13)14-5-1-3-12-8-9-17-11-15(12)14/h1-5,8-11,16,18H,6-7H2. The van der Waals surface area contributed by atoms with Gasteiger partial charge in [-0.25, -0.2) is 0 Å². The molecule has 3 heteroatoms. The van der Waals surface area contributed by atoms with E-state index in [2.05, 4.69) is 4.98 Å². The van der Waals surface area contributed by atoms with Crippen molar-refractivity contribution < 1.29 is 9.52 Å². The van der Waals surface area contributed by atoms with E-state index in [4.69, 9.17) is 4.42 Å². The van der Waals surface area contributed by atoms with Crippen molar-refractivity contribution in [3.05, 3.63) is 66.4 Å². The number of benzene rings is 1. The molecule has 2 aromatic heterocycles. The predicted molar refractivity (Wildman–Crippen MR) is 73.7 cm³/mol. The zero-order chi connectivity index (χ0) is 13.1. The molecule has 0 bridgehead atoms. The normalized spacial score (nSPS) is 12.7. The summed E-state index contributed by atoms with van der Waals surface area (Å²) in [5.74, 6) is 0.900. The Morgan fingerprint density at radius 1 is 1.16 bits per heavy atom. The number of pyridine rings is 1. The van der Waals surface area contributed by atoms with Gasteiger partial charge in [0.2, 0.25) is 0 Å². The number of furan rings is 1. The van der Waals surface area contributed by atoms with E-state index in [9.17, 15) is 5.11 Å². The summed E-state index contributed by atoms with van der Waals surface area (Å²) in [5, 5.41) is 12.5. The highest BCUT2D eigenvalue weighted by atomic mass is 16.3. The van der Waals surface area contributed by atoms with Crippen molar-refractivity contribution in [1.82, 2.24) is 4.98 Å². The molecule has 0 aliphatic carbocycles. The molecular weight excluding hydrogens is 238 g/mol. The summed E-state index contributed by atoms with van der Waals surface area (Å²) in [6.45, 7) is 0. The topological polar surface area (TPSA) is 46.3 Å². The molecule has 2 heterocycles. The zero-order valence-corrected chi connectivity index (χ0v) is 10.5. The summed E-state index contributed by atoms with van der Waals surface area (Å²) in [6.07, 6.45) is 6.09. The SMILES string of the molecule is OC(CCc1ccco1)c1cccc2ccncc12. The molecule has 3 aromatic rings. The van der Waals surface area contributed by atoms with Crippen LogP contribution in [0.3, 0.4) is 0 Å². The highest BCUT2D eigenvalue weighted by molar-refractivity contribution is 5.85. The molecule has 0 spiro atoms. The van der Waals surface area contributed by atoms with Gasteiger partial charge in [-0.05, 0) is 35.6 Å². The molecule has 96 valence electrons. The lowest BCUT2D eigenvalue weighted by Crippen LogP contribution is -2.00. The monoisotopic (exact) mass is 253 g/mol. The first kappa shape index (κ1) is 11.9. The Kier molecular flexibility index (Phi) is 3.29. The smallest absolute Gasteiger partial charge is 0.103 e. The van der Waals surface area contributed by atoms with Gasteiger partial charge in [0, 0.05) is 24.2 Å². The molecule has 0 aliphatic heterocycles. The summed E-state index contributed by atoms with van der Waals surface area (Å²) >= 11 is 0. The third-order valence-corrected chi connectivity index (χ3v) is 3.32. The van der Waals surface area contributed by atoms with Crippen LogP contribution in [0.4, 0.5) is 0 Å². The molecule has 1 atom stereocenters. The second kappa shape index (κ2) is 5.24. The summed E-state index contributed by atoms with van der Waals surface area (Å²) in [5.41, 5.74) is 0.928. The van der Waals surface area contributed by atoms with Crippen molar-refractivity contribution >= 4 is 10.8 Å². The van der Waals surface area contributed by atoms with Gasteiger partial charge >= 0.3 is 0 Å². The Hall–Kier alpha value is -2.13. The average molecular weight is 253 g/mol. The number of aromatic nitrogens is 1. The van der Waals surface area contributed by atoms with Gasteiger partial charge in [-0.1, -0.05) is 18.2 Å². The average Bonchev–Trinajstić information content (AvgIpc) is 2.97. The summed E-state index contributed by atoms with van der Waals surface area (Å²) in [6, 6.07) is 11.7. The minimum Gasteiger partial charge on any atom is -0.469 e. The fraction of sp³-hybridized carbons (Fsp3) is 0.188. The van der Waals surface area contributed by atoms with Gasteiger partial charge in [0.15, 0.2) is 0 Å². The van der Waals surface area contributed by atoms with E-state index in [0.29, 0.717) is 6.42 Å². The first-order valence-electron chi connectivity index (χ1n) is 6.37. The minimum absolute atomic E-state index is 0.502. The molecule has 1 N–H and O–H groups in total. The van der Waals surface area contributed by atoms with E-state index in [1.54, 1.807) is 18.7 Å². The lowest BCUT2D eigenvalue weighted by atomic mass is 9.99. The molecule has 1 unspecified atom stereocenters. The number of aliphatic hydroxyl groups is 1. The van der Waals surface area contributed by atoms with Crippen molar-refractivity contribution in [2.45, 2.75) is 18.9 Å². The van der Waals surface area contributed by atoms with E-state index in [1.807, 2.05) is 36.4 Å². The molecule has 0 aliphatic rings. The van der Waals surface area contributed by atoms with Crippen LogP contribution in [0.1, 0.15) is 23.8 Å². The largest absolute Gasteiger partial charge is 0.469 e. The maximum absolute atomic E-state index is 10.3. The van der Waals surface area contributed by atoms with Crippen LogP contribution in [-0.2, 0) is 6.42 Å². The number of fused-ring (bicyclic) bond motifs is 1. The third kappa shape index (κ3) is 2.51. The number of hydrogen-bond acceptors (Lipinski definition) is 3. The van der Waals surface area contributed by atoms with Gasteiger partial charge in [-0.15, -0.1) is 0 Å². The van der Waals surface area contributed by atoms with Crippen molar-refractivity contribution in [3.63, 3.8) is 0 Å². The Labute approximate surface area is 111 Å². The number of rotatable bonds is 4. The number of hydrogen-bond donors (Lipinski definition) is 1. The third-order valence-electron chi connectivity index (χ3n) is 3.32. The van der Waals surface area contributed by atoms with E-state index in [-0.39, 0.29) is 0 Å². The molecular formula is C16H15NO2. The number of aryl methyl sites for hydroxylation is 1. The molecule has 3 nitrogen and oxygen atoms in total. The van der Waals surface area contributed by atoms with Crippen LogP contribution in [-0.4, -0.2) is 10.1 Å². The Morgan fingerprint density at radius 3 is 2.95 bits per heavy atom.